The molecule has 0 radical (unpaired) electrons. The molecule has 0 aliphatic carbocycles. The third kappa shape index (κ3) is 5.09. The van der Waals surface area contributed by atoms with Gasteiger partial charge in [-0.3, -0.25) is 13.9 Å². The molecule has 2 aromatic carbocycles. The van der Waals surface area contributed by atoms with E-state index in [1.54, 1.807) is 28.3 Å². The average molecular weight is 636 g/mol. The number of sulfonamides is 1. The number of fused-ring (bicyclic) bond motifs is 2. The van der Waals surface area contributed by atoms with Crippen LogP contribution in [0.25, 0.3) is 38.2 Å². The van der Waals surface area contributed by atoms with Crippen LogP contribution in [-0.2, 0) is 10.0 Å². The van der Waals surface area contributed by atoms with E-state index < -0.39 is 16.1 Å². The first-order valence-electron chi connectivity index (χ1n) is 13.1. The van der Waals surface area contributed by atoms with E-state index in [2.05, 4.69) is 14.7 Å². The van der Waals surface area contributed by atoms with Crippen molar-refractivity contribution < 1.29 is 13.2 Å². The maximum absolute atomic E-state index is 14.0. The number of thiazole rings is 1. The normalized spacial score (nSPS) is 12.6. The van der Waals surface area contributed by atoms with Crippen LogP contribution in [0.5, 0.6) is 5.75 Å². The first-order chi connectivity index (χ1) is 20.6. The molecule has 0 bridgehead atoms. The SMILES string of the molecule is CCC(c1cc2scc(Cl)n2c(=O)c1-c1ccccc1)n1nc(-c2ccc(OC)c(NS(C)(=O)=O)c2)c2c(N)ncnc21. The summed E-state index contributed by atoms with van der Waals surface area (Å²) in [4.78, 5) is 23.5. The van der Waals surface area contributed by atoms with Crippen LogP contribution in [0.1, 0.15) is 24.9 Å². The van der Waals surface area contributed by atoms with Crippen molar-refractivity contribution >= 4 is 60.3 Å². The molecule has 0 saturated heterocycles. The van der Waals surface area contributed by atoms with Crippen LogP contribution in [0.15, 0.2) is 71.1 Å². The van der Waals surface area contributed by atoms with Crippen molar-refractivity contribution in [1.82, 2.24) is 24.1 Å². The smallest absolute Gasteiger partial charge is 0.265 e. The number of pyridine rings is 1. The summed E-state index contributed by atoms with van der Waals surface area (Å²) in [7, 11) is -2.15. The second-order valence-corrected chi connectivity index (χ2v) is 12.9. The Hall–Kier alpha value is -4.46. The molecule has 14 heteroatoms. The van der Waals surface area contributed by atoms with E-state index >= 15 is 0 Å². The fourth-order valence-corrected chi connectivity index (χ4v) is 7.00. The topological polar surface area (TPSA) is 146 Å². The Kier molecular flexibility index (Phi) is 7.32. The minimum Gasteiger partial charge on any atom is -0.495 e. The molecule has 3 N–H and O–H groups in total. The summed E-state index contributed by atoms with van der Waals surface area (Å²) >= 11 is 7.81. The van der Waals surface area contributed by atoms with E-state index in [1.807, 2.05) is 43.3 Å². The molecule has 4 heterocycles. The zero-order valence-electron chi connectivity index (χ0n) is 23.3. The Labute approximate surface area is 255 Å². The van der Waals surface area contributed by atoms with Gasteiger partial charge in [-0.1, -0.05) is 48.9 Å². The lowest BCUT2D eigenvalue weighted by Crippen LogP contribution is -2.21. The molecule has 0 fully saturated rings. The van der Waals surface area contributed by atoms with E-state index in [9.17, 15) is 13.2 Å². The number of hydrogen-bond donors (Lipinski definition) is 2. The van der Waals surface area contributed by atoms with Gasteiger partial charge in [-0.25, -0.2) is 23.1 Å². The number of rotatable bonds is 8. The van der Waals surface area contributed by atoms with Crippen molar-refractivity contribution in [1.29, 1.82) is 0 Å². The number of hydrogen-bond acceptors (Lipinski definition) is 9. The number of nitrogens with two attached hydrogens (primary N) is 1. The van der Waals surface area contributed by atoms with Gasteiger partial charge in [0.15, 0.2) is 5.65 Å². The summed E-state index contributed by atoms with van der Waals surface area (Å²) in [6, 6.07) is 16.0. The number of nitrogens with one attached hydrogen (secondary N) is 1. The minimum absolute atomic E-state index is 0.207. The molecule has 0 aliphatic heterocycles. The van der Waals surface area contributed by atoms with Gasteiger partial charge in [-0.2, -0.15) is 5.10 Å². The van der Waals surface area contributed by atoms with E-state index in [-0.39, 0.29) is 17.1 Å². The van der Waals surface area contributed by atoms with Crippen LogP contribution in [0.2, 0.25) is 5.15 Å². The average Bonchev–Trinajstić information content (AvgIpc) is 3.55. The van der Waals surface area contributed by atoms with Crippen molar-refractivity contribution in [2.24, 2.45) is 0 Å². The van der Waals surface area contributed by atoms with Gasteiger partial charge in [-0.15, -0.1) is 11.3 Å². The number of ether oxygens (including phenoxy) is 1. The third-order valence-electron chi connectivity index (χ3n) is 7.09. The number of benzene rings is 2. The molecule has 1 atom stereocenters. The summed E-state index contributed by atoms with van der Waals surface area (Å²) in [5.41, 5.74) is 9.88. The molecule has 43 heavy (non-hydrogen) atoms. The Bertz CT molecular complexity index is 2180. The number of aromatic nitrogens is 5. The fourth-order valence-electron chi connectivity index (χ4n) is 5.29. The highest BCUT2D eigenvalue weighted by atomic mass is 35.5. The van der Waals surface area contributed by atoms with Crippen LogP contribution in [0.4, 0.5) is 11.5 Å². The maximum atomic E-state index is 14.0. The molecule has 0 saturated carbocycles. The largest absolute Gasteiger partial charge is 0.495 e. The van der Waals surface area contributed by atoms with Gasteiger partial charge in [-0.05, 0) is 41.8 Å². The van der Waals surface area contributed by atoms with Gasteiger partial charge in [0.1, 0.15) is 33.6 Å². The van der Waals surface area contributed by atoms with Gasteiger partial charge in [0.2, 0.25) is 10.0 Å². The predicted molar refractivity (Wildman–Crippen MR) is 171 cm³/mol. The molecule has 6 rings (SSSR count). The Morgan fingerprint density at radius 3 is 2.58 bits per heavy atom. The summed E-state index contributed by atoms with van der Waals surface area (Å²) in [6.45, 7) is 2.00. The molecular weight excluding hydrogens is 610 g/mol. The minimum atomic E-state index is -3.60. The van der Waals surface area contributed by atoms with Crippen molar-refractivity contribution in [2.75, 3.05) is 23.8 Å². The lowest BCUT2D eigenvalue weighted by molar-refractivity contribution is 0.417. The van der Waals surface area contributed by atoms with E-state index in [0.717, 1.165) is 17.4 Å². The lowest BCUT2D eigenvalue weighted by atomic mass is 9.95. The van der Waals surface area contributed by atoms with Crippen molar-refractivity contribution in [3.8, 4) is 28.1 Å². The Morgan fingerprint density at radius 2 is 1.88 bits per heavy atom. The summed E-state index contributed by atoms with van der Waals surface area (Å²) in [5.74, 6) is 0.544. The van der Waals surface area contributed by atoms with E-state index in [0.29, 0.717) is 50.0 Å². The molecule has 0 amide bonds. The summed E-state index contributed by atoms with van der Waals surface area (Å²) < 4.78 is 35.3. The summed E-state index contributed by atoms with van der Waals surface area (Å²) in [6.07, 6.45) is 2.98. The highest BCUT2D eigenvalue weighted by Gasteiger charge is 2.27. The monoisotopic (exact) mass is 635 g/mol. The highest BCUT2D eigenvalue weighted by Crippen LogP contribution is 2.39. The third-order valence-corrected chi connectivity index (χ3v) is 8.97. The number of nitrogens with zero attached hydrogens (tertiary/aromatic N) is 5. The fraction of sp³-hybridized carbons (Fsp3) is 0.172. The lowest BCUT2D eigenvalue weighted by Gasteiger charge is -2.20. The second kappa shape index (κ2) is 11.0. The van der Waals surface area contributed by atoms with Gasteiger partial charge in [0, 0.05) is 10.9 Å². The van der Waals surface area contributed by atoms with E-state index in [1.165, 1.54) is 29.2 Å². The highest BCUT2D eigenvalue weighted by molar-refractivity contribution is 7.92. The Morgan fingerprint density at radius 1 is 1.12 bits per heavy atom. The second-order valence-electron chi connectivity index (χ2n) is 9.84. The van der Waals surface area contributed by atoms with Crippen LogP contribution in [0, 0.1) is 0 Å². The van der Waals surface area contributed by atoms with Crippen LogP contribution >= 0.6 is 22.9 Å². The molecular formula is C29H26ClN7O4S2. The van der Waals surface area contributed by atoms with Crippen molar-refractivity contribution in [3.05, 3.63) is 87.4 Å². The predicted octanol–water partition coefficient (Wildman–Crippen LogP) is 5.45. The van der Waals surface area contributed by atoms with Crippen molar-refractivity contribution in [2.45, 2.75) is 19.4 Å². The molecule has 6 aromatic rings. The Balaban J connectivity index is 1.62. The quantitative estimate of drug-likeness (QED) is 0.224. The standard InChI is InChI=1S/C29H26ClN7O4S2/c1-4-20(18-13-23-36(22(30)14-42-23)29(38)24(18)16-8-6-5-7-9-16)37-28-25(27(31)32-15-33-28)26(34-37)17-10-11-21(41-2)19(12-17)35-43(3,39)40/h5-15,20,35H,4H2,1-3H3,(H2,31,32,33). The number of halogens is 1. The molecule has 220 valence electrons. The summed E-state index contributed by atoms with van der Waals surface area (Å²) in [5, 5.41) is 7.57. The van der Waals surface area contributed by atoms with Gasteiger partial charge >= 0.3 is 0 Å². The van der Waals surface area contributed by atoms with Crippen LogP contribution in [-0.4, -0.2) is 45.9 Å². The van der Waals surface area contributed by atoms with E-state index in [4.69, 9.17) is 27.2 Å². The molecule has 0 spiro atoms. The van der Waals surface area contributed by atoms with Gasteiger partial charge in [0.05, 0.1) is 36.0 Å². The number of methoxy groups -OCH3 is 1. The van der Waals surface area contributed by atoms with Crippen LogP contribution < -0.4 is 20.8 Å². The van der Waals surface area contributed by atoms with Gasteiger partial charge in [0.25, 0.3) is 5.56 Å². The molecule has 1 unspecified atom stereocenters. The zero-order chi connectivity index (χ0) is 30.5. The molecule has 4 aromatic heterocycles. The maximum Gasteiger partial charge on any atom is 0.265 e. The number of anilines is 2. The van der Waals surface area contributed by atoms with Gasteiger partial charge < -0.3 is 10.5 Å². The van der Waals surface area contributed by atoms with Crippen LogP contribution in [0.3, 0.4) is 0 Å². The first-order valence-corrected chi connectivity index (χ1v) is 16.3. The first kappa shape index (κ1) is 28.6. The molecule has 0 aliphatic rings. The number of nitrogen functional groups attached to an aromatic ring is 1. The zero-order valence-corrected chi connectivity index (χ0v) is 25.7. The molecule has 11 nitrogen and oxygen atoms in total. The van der Waals surface area contributed by atoms with Crippen molar-refractivity contribution in [3.63, 3.8) is 0 Å².